The molecule has 1 aliphatic heterocycles. The van der Waals surface area contributed by atoms with E-state index in [-0.39, 0.29) is 23.1 Å². The van der Waals surface area contributed by atoms with Crippen LogP contribution < -0.4 is 0 Å². The molecule has 3 heterocycles. The van der Waals surface area contributed by atoms with Gasteiger partial charge in [0, 0.05) is 42.1 Å². The lowest BCUT2D eigenvalue weighted by Gasteiger charge is -2.39. The van der Waals surface area contributed by atoms with Gasteiger partial charge in [-0.05, 0) is 24.8 Å². The summed E-state index contributed by atoms with van der Waals surface area (Å²) in [5.41, 5.74) is 1.00. The first kappa shape index (κ1) is 21.4. The average molecular weight is 473 g/mol. The molecule has 3 aromatic rings. The first-order chi connectivity index (χ1) is 16.2. The number of hydrogen-bond acceptors (Lipinski definition) is 6. The fourth-order valence-electron chi connectivity index (χ4n) is 5.22. The van der Waals surface area contributed by atoms with Crippen molar-refractivity contribution >= 4 is 5.97 Å². The number of halogens is 3. The van der Waals surface area contributed by atoms with E-state index in [9.17, 15) is 23.1 Å². The maximum atomic E-state index is 14.2. The zero-order chi connectivity index (χ0) is 23.8. The number of likely N-dealkylation sites (tertiary alicyclic amines) is 1. The Bertz CT molecular complexity index is 1280. The Labute approximate surface area is 192 Å². The third kappa shape index (κ3) is 3.26. The van der Waals surface area contributed by atoms with Crippen molar-refractivity contribution < 1.29 is 32.1 Å². The van der Waals surface area contributed by atoms with Crippen LogP contribution in [0.15, 0.2) is 33.3 Å². The van der Waals surface area contributed by atoms with Gasteiger partial charge >= 0.3 is 12.1 Å². The summed E-state index contributed by atoms with van der Waals surface area (Å²) in [6.07, 6.45) is -2.87. The van der Waals surface area contributed by atoms with Gasteiger partial charge in [-0.2, -0.15) is 13.2 Å². The van der Waals surface area contributed by atoms with Gasteiger partial charge in [0.25, 0.3) is 0 Å². The lowest BCUT2D eigenvalue weighted by atomic mass is 9.79. The minimum Gasteiger partial charge on any atom is -0.481 e. The molecule has 3 aliphatic rings. The third-order valence-corrected chi connectivity index (χ3v) is 7.40. The van der Waals surface area contributed by atoms with Gasteiger partial charge in [-0.3, -0.25) is 4.79 Å². The Kier molecular flexibility index (Phi) is 4.52. The number of alkyl halides is 3. The summed E-state index contributed by atoms with van der Waals surface area (Å²) in [7, 11) is 0. The highest BCUT2D eigenvalue weighted by Gasteiger charge is 2.53. The van der Waals surface area contributed by atoms with E-state index in [1.807, 2.05) is 29.2 Å². The lowest BCUT2D eigenvalue weighted by molar-refractivity contribution is -0.147. The number of aromatic nitrogens is 2. The Morgan fingerprint density at radius 1 is 1.18 bits per heavy atom. The van der Waals surface area contributed by atoms with Crippen molar-refractivity contribution in [3.05, 3.63) is 46.7 Å². The van der Waals surface area contributed by atoms with Crippen molar-refractivity contribution in [3.63, 3.8) is 0 Å². The predicted octanol–water partition coefficient (Wildman–Crippen LogP) is 4.72. The predicted molar refractivity (Wildman–Crippen MR) is 113 cm³/mol. The second kappa shape index (κ2) is 7.18. The number of aliphatic carboxylic acids is 1. The first-order valence-electron chi connectivity index (χ1n) is 11.3. The van der Waals surface area contributed by atoms with Crippen molar-refractivity contribution in [2.75, 3.05) is 19.6 Å². The van der Waals surface area contributed by atoms with Crippen LogP contribution >= 0.6 is 0 Å². The van der Waals surface area contributed by atoms with Crippen LogP contribution in [0.4, 0.5) is 13.2 Å². The number of hydrogen-bond donors (Lipinski definition) is 1. The highest BCUT2D eigenvalue weighted by molar-refractivity contribution is 5.78. The average Bonchev–Trinajstić information content (AvgIpc) is 3.16. The van der Waals surface area contributed by atoms with Crippen molar-refractivity contribution in [2.45, 2.75) is 43.7 Å². The number of benzene rings is 1. The smallest absolute Gasteiger partial charge is 0.422 e. The van der Waals surface area contributed by atoms with Crippen LogP contribution in [-0.4, -0.2) is 45.9 Å². The zero-order valence-corrected chi connectivity index (χ0v) is 18.4. The molecule has 1 N–H and O–H groups in total. The van der Waals surface area contributed by atoms with E-state index in [0.717, 1.165) is 11.1 Å². The summed E-state index contributed by atoms with van der Waals surface area (Å²) in [5.74, 6) is -1.66. The molecule has 2 aliphatic carbocycles. The number of carboxylic acids is 1. The van der Waals surface area contributed by atoms with Gasteiger partial charge in [0.15, 0.2) is 17.2 Å². The van der Waals surface area contributed by atoms with Crippen molar-refractivity contribution in [2.24, 2.45) is 5.92 Å². The molecular formula is C24H22F3N3O4. The molecule has 178 valence electrons. The molecule has 1 saturated carbocycles. The van der Waals surface area contributed by atoms with Gasteiger partial charge in [0.2, 0.25) is 0 Å². The lowest BCUT2D eigenvalue weighted by Crippen LogP contribution is -2.51. The standard InChI is InChI=1S/C24H22F3N3O4/c1-23(6-7-23)21-17(24(25,26)27)19(29-34-21)20-16-13(9-30-10-14(11-30)22(31)32)8-12-4-2-3-5-15(12)18(16)28-33-20/h2-5,13-14H,6-11H2,1H3,(H,31,32). The van der Waals surface area contributed by atoms with Gasteiger partial charge < -0.3 is 19.1 Å². The molecular weight excluding hydrogens is 451 g/mol. The molecule has 2 fully saturated rings. The Balaban J connectivity index is 1.45. The number of rotatable bonds is 5. The molecule has 0 spiro atoms. The van der Waals surface area contributed by atoms with E-state index in [0.29, 0.717) is 50.2 Å². The Morgan fingerprint density at radius 3 is 2.56 bits per heavy atom. The molecule has 2 aromatic heterocycles. The maximum Gasteiger partial charge on any atom is 0.422 e. The monoisotopic (exact) mass is 473 g/mol. The maximum absolute atomic E-state index is 14.2. The van der Waals surface area contributed by atoms with Crippen LogP contribution in [0.25, 0.3) is 22.7 Å². The Morgan fingerprint density at radius 2 is 1.88 bits per heavy atom. The molecule has 1 saturated heterocycles. The van der Waals surface area contributed by atoms with Crippen molar-refractivity contribution in [1.82, 2.24) is 15.2 Å². The molecule has 7 nitrogen and oxygen atoms in total. The van der Waals surface area contributed by atoms with E-state index in [2.05, 4.69) is 10.3 Å². The SMILES string of the molecule is CC1(c2onc(-c3onc4c3C(CN3CC(C(=O)O)C3)Cc3ccccc3-4)c2C(F)(F)F)CC1. The summed E-state index contributed by atoms with van der Waals surface area (Å²) < 4.78 is 53.6. The van der Waals surface area contributed by atoms with Crippen LogP contribution in [0.1, 0.15) is 48.1 Å². The van der Waals surface area contributed by atoms with Gasteiger partial charge in [-0.1, -0.05) is 41.5 Å². The third-order valence-electron chi connectivity index (χ3n) is 7.40. The van der Waals surface area contributed by atoms with Crippen LogP contribution in [0.5, 0.6) is 0 Å². The second-order valence-electron chi connectivity index (χ2n) is 9.88. The summed E-state index contributed by atoms with van der Waals surface area (Å²) in [5, 5.41) is 17.3. The summed E-state index contributed by atoms with van der Waals surface area (Å²) in [6.45, 7) is 3.04. The normalized spacial score (nSPS) is 21.6. The fraction of sp³-hybridized carbons (Fsp3) is 0.458. The summed E-state index contributed by atoms with van der Waals surface area (Å²) >= 11 is 0. The molecule has 6 rings (SSSR count). The summed E-state index contributed by atoms with van der Waals surface area (Å²) in [4.78, 5) is 13.2. The quantitative estimate of drug-likeness (QED) is 0.573. The number of carbonyl (C=O) groups is 1. The fourth-order valence-corrected chi connectivity index (χ4v) is 5.22. The number of fused-ring (bicyclic) bond motifs is 3. The van der Waals surface area contributed by atoms with Crippen LogP contribution in [0.3, 0.4) is 0 Å². The molecule has 1 aromatic carbocycles. The molecule has 1 unspecified atom stereocenters. The zero-order valence-electron chi connectivity index (χ0n) is 18.4. The molecule has 0 amide bonds. The molecule has 0 radical (unpaired) electrons. The van der Waals surface area contributed by atoms with Crippen molar-refractivity contribution in [3.8, 4) is 22.7 Å². The highest BCUT2D eigenvalue weighted by Crippen LogP contribution is 2.55. The van der Waals surface area contributed by atoms with E-state index in [1.165, 1.54) is 0 Å². The van der Waals surface area contributed by atoms with E-state index < -0.39 is 29.0 Å². The molecule has 0 bridgehead atoms. The topological polar surface area (TPSA) is 92.6 Å². The van der Waals surface area contributed by atoms with Gasteiger partial charge in [0.1, 0.15) is 11.3 Å². The highest BCUT2D eigenvalue weighted by atomic mass is 19.4. The van der Waals surface area contributed by atoms with Gasteiger partial charge in [0.05, 0.1) is 5.92 Å². The minimum atomic E-state index is -4.66. The van der Waals surface area contributed by atoms with E-state index in [1.54, 1.807) is 6.92 Å². The van der Waals surface area contributed by atoms with Crippen molar-refractivity contribution in [1.29, 1.82) is 0 Å². The molecule has 1 atom stereocenters. The largest absolute Gasteiger partial charge is 0.481 e. The molecule has 34 heavy (non-hydrogen) atoms. The van der Waals surface area contributed by atoms with E-state index >= 15 is 0 Å². The first-order valence-corrected chi connectivity index (χ1v) is 11.3. The van der Waals surface area contributed by atoms with Crippen LogP contribution in [0, 0.1) is 5.92 Å². The minimum absolute atomic E-state index is 0.0172. The number of carboxylic acid groups (broad SMARTS) is 1. The summed E-state index contributed by atoms with van der Waals surface area (Å²) in [6, 6.07) is 7.62. The number of nitrogens with zero attached hydrogens (tertiary/aromatic N) is 3. The van der Waals surface area contributed by atoms with Crippen LogP contribution in [0.2, 0.25) is 0 Å². The van der Waals surface area contributed by atoms with E-state index in [4.69, 9.17) is 9.05 Å². The van der Waals surface area contributed by atoms with Gasteiger partial charge in [-0.15, -0.1) is 0 Å². The molecule has 10 heteroatoms. The second-order valence-corrected chi connectivity index (χ2v) is 9.88. The van der Waals surface area contributed by atoms with Gasteiger partial charge in [-0.25, -0.2) is 0 Å². The van der Waals surface area contributed by atoms with Crippen LogP contribution in [-0.2, 0) is 22.8 Å². The Hall–Kier alpha value is -3.14.